The van der Waals surface area contributed by atoms with Crippen molar-refractivity contribution in [2.45, 2.75) is 25.0 Å². The predicted molar refractivity (Wildman–Crippen MR) is 71.5 cm³/mol. The molecule has 92 valence electrons. The van der Waals surface area contributed by atoms with Crippen LogP contribution in [0.3, 0.4) is 0 Å². The number of hydrogen-bond donors (Lipinski definition) is 0. The summed E-state index contributed by atoms with van der Waals surface area (Å²) in [5.74, 6) is -0.388. The van der Waals surface area contributed by atoms with Crippen LogP contribution in [0.15, 0.2) is 35.5 Å². The first-order valence-corrected chi connectivity index (χ1v) is 6.71. The average Bonchev–Trinajstić information content (AvgIpc) is 2.40. The largest absolute Gasteiger partial charge is 0.361 e. The Hall–Kier alpha value is -0.870. The Labute approximate surface area is 110 Å². The van der Waals surface area contributed by atoms with Crippen LogP contribution in [0.2, 0.25) is 0 Å². The second-order valence-electron chi connectivity index (χ2n) is 4.31. The van der Waals surface area contributed by atoms with E-state index in [0.717, 1.165) is 12.1 Å². The lowest BCUT2D eigenvalue weighted by molar-refractivity contribution is -0.221. The highest BCUT2D eigenvalue weighted by molar-refractivity contribution is 9.09. The van der Waals surface area contributed by atoms with Gasteiger partial charge in [0, 0.05) is 31.7 Å². The third-order valence-electron chi connectivity index (χ3n) is 3.10. The van der Waals surface area contributed by atoms with Crippen molar-refractivity contribution in [1.82, 2.24) is 0 Å². The number of nitrogens with zero attached hydrogens (tertiary/aromatic N) is 1. The fraction of sp³-hybridized carbons (Fsp3) is 0.462. The Morgan fingerprint density at radius 1 is 1.47 bits per heavy atom. The molecule has 1 aliphatic rings. The third-order valence-corrected chi connectivity index (χ3v) is 3.68. The zero-order chi connectivity index (χ0) is 12.3. The monoisotopic (exact) mass is 297 g/mol. The summed E-state index contributed by atoms with van der Waals surface area (Å²) in [6, 6.07) is 10.3. The first-order chi connectivity index (χ1) is 8.18. The predicted octanol–water partition coefficient (Wildman–Crippen LogP) is 3.30. The number of halogens is 1. The molecule has 1 aromatic rings. The van der Waals surface area contributed by atoms with E-state index >= 15 is 0 Å². The van der Waals surface area contributed by atoms with Crippen LogP contribution in [0.1, 0.15) is 24.8 Å². The molecule has 0 bridgehead atoms. The average molecular weight is 298 g/mol. The zero-order valence-electron chi connectivity index (χ0n) is 10.0. The highest BCUT2D eigenvalue weighted by Gasteiger charge is 2.37. The Morgan fingerprint density at radius 2 is 2.18 bits per heavy atom. The van der Waals surface area contributed by atoms with E-state index in [2.05, 4.69) is 33.2 Å². The Bertz CT molecular complexity index is 407. The van der Waals surface area contributed by atoms with Gasteiger partial charge in [0.1, 0.15) is 0 Å². The van der Waals surface area contributed by atoms with Gasteiger partial charge in [0.25, 0.3) is 0 Å². The minimum Gasteiger partial charge on any atom is -0.361 e. The molecule has 0 amide bonds. The van der Waals surface area contributed by atoms with Crippen molar-refractivity contribution in [1.29, 1.82) is 0 Å². The maximum Gasteiger partial charge on any atom is 0.234 e. The summed E-state index contributed by atoms with van der Waals surface area (Å²) in [7, 11) is 1.65. The first kappa shape index (κ1) is 12.6. The molecule has 0 fully saturated rings. The van der Waals surface area contributed by atoms with Crippen LogP contribution in [0, 0.1) is 0 Å². The minimum atomic E-state index is -0.633. The van der Waals surface area contributed by atoms with E-state index in [9.17, 15) is 0 Å². The molecule has 0 radical (unpaired) electrons. The van der Waals surface area contributed by atoms with Gasteiger partial charge < -0.3 is 9.57 Å². The van der Waals surface area contributed by atoms with Crippen LogP contribution in [0.25, 0.3) is 0 Å². The van der Waals surface area contributed by atoms with Crippen molar-refractivity contribution in [2.75, 3.05) is 12.4 Å². The number of oxime groups is 1. The molecular formula is C13H16BrNO2. The molecule has 0 spiro atoms. The maximum atomic E-state index is 5.41. The molecule has 0 unspecified atom stereocenters. The lowest BCUT2D eigenvalue weighted by Crippen LogP contribution is -2.38. The summed E-state index contributed by atoms with van der Waals surface area (Å²) in [5.41, 5.74) is 2.25. The summed E-state index contributed by atoms with van der Waals surface area (Å²) in [6.45, 7) is 1.91. The molecule has 2 atom stereocenters. The number of hydrogen-bond acceptors (Lipinski definition) is 3. The van der Waals surface area contributed by atoms with E-state index < -0.39 is 5.79 Å². The van der Waals surface area contributed by atoms with Crippen LogP contribution in [0.5, 0.6) is 0 Å². The molecule has 0 aliphatic carbocycles. The quantitative estimate of drug-likeness (QED) is 0.802. The number of alkyl halides is 1. The van der Waals surface area contributed by atoms with Gasteiger partial charge in [0.2, 0.25) is 5.79 Å². The summed E-state index contributed by atoms with van der Waals surface area (Å²) < 4.78 is 5.38. The molecule has 1 heterocycles. The second-order valence-corrected chi connectivity index (χ2v) is 4.87. The van der Waals surface area contributed by atoms with Gasteiger partial charge in [-0.3, -0.25) is 0 Å². The van der Waals surface area contributed by atoms with Crippen molar-refractivity contribution in [3.05, 3.63) is 35.9 Å². The summed E-state index contributed by atoms with van der Waals surface area (Å²) in [6.07, 6.45) is 0.776. The molecule has 2 rings (SSSR count). The number of ether oxygens (including phenoxy) is 1. The van der Waals surface area contributed by atoms with Crippen molar-refractivity contribution >= 4 is 21.6 Å². The highest BCUT2D eigenvalue weighted by atomic mass is 79.9. The minimum absolute atomic E-state index is 0.245. The number of methoxy groups -OCH3 is 1. The maximum absolute atomic E-state index is 5.41. The van der Waals surface area contributed by atoms with Gasteiger partial charge in [0.15, 0.2) is 0 Å². The lowest BCUT2D eigenvalue weighted by Gasteiger charge is -2.34. The van der Waals surface area contributed by atoms with Gasteiger partial charge in [-0.15, -0.1) is 0 Å². The van der Waals surface area contributed by atoms with Gasteiger partial charge in [-0.1, -0.05) is 51.4 Å². The fourth-order valence-corrected chi connectivity index (χ4v) is 2.47. The molecule has 0 N–H and O–H groups in total. The smallest absolute Gasteiger partial charge is 0.234 e. The Balaban J connectivity index is 2.31. The Kier molecular flexibility index (Phi) is 3.84. The topological polar surface area (TPSA) is 30.8 Å². The Morgan fingerprint density at radius 3 is 2.76 bits per heavy atom. The normalized spacial score (nSPS) is 28.4. The molecular weight excluding hydrogens is 282 g/mol. The van der Waals surface area contributed by atoms with E-state index in [-0.39, 0.29) is 5.92 Å². The van der Waals surface area contributed by atoms with Crippen LogP contribution in [-0.4, -0.2) is 23.9 Å². The molecule has 0 aromatic heterocycles. The first-order valence-electron chi connectivity index (χ1n) is 5.59. The van der Waals surface area contributed by atoms with Gasteiger partial charge >= 0.3 is 0 Å². The second kappa shape index (κ2) is 5.19. The van der Waals surface area contributed by atoms with Crippen LogP contribution in [-0.2, 0) is 9.57 Å². The summed E-state index contributed by atoms with van der Waals surface area (Å²) in [5, 5.41) is 4.89. The molecule has 0 saturated carbocycles. The third kappa shape index (κ3) is 2.69. The van der Waals surface area contributed by atoms with E-state index in [1.165, 1.54) is 5.56 Å². The number of rotatable bonds is 3. The van der Waals surface area contributed by atoms with Gasteiger partial charge in [-0.2, -0.15) is 0 Å². The van der Waals surface area contributed by atoms with Crippen LogP contribution >= 0.6 is 15.9 Å². The zero-order valence-corrected chi connectivity index (χ0v) is 11.6. The lowest BCUT2D eigenvalue weighted by atomic mass is 9.88. The fourth-order valence-electron chi connectivity index (χ4n) is 1.98. The van der Waals surface area contributed by atoms with Gasteiger partial charge in [-0.05, 0) is 5.56 Å². The SMILES string of the molecule is CO[C@]1(C)C[C@@H](c2ccccc2)C(CBr)=NO1. The van der Waals surface area contributed by atoms with Crippen molar-refractivity contribution < 1.29 is 9.57 Å². The van der Waals surface area contributed by atoms with Crippen LogP contribution < -0.4 is 0 Å². The standard InChI is InChI=1S/C13H16BrNO2/c1-13(16-2)8-11(12(9-14)15-17-13)10-6-4-3-5-7-10/h3-7,11H,8-9H2,1-2H3/t11-,13-/m0/s1. The van der Waals surface area contributed by atoms with Crippen molar-refractivity contribution in [2.24, 2.45) is 5.16 Å². The van der Waals surface area contributed by atoms with Gasteiger partial charge in [0.05, 0.1) is 5.71 Å². The molecule has 17 heavy (non-hydrogen) atoms. The molecule has 3 nitrogen and oxygen atoms in total. The summed E-state index contributed by atoms with van der Waals surface area (Å²) >= 11 is 3.46. The van der Waals surface area contributed by atoms with Crippen molar-refractivity contribution in [3.8, 4) is 0 Å². The molecule has 1 aromatic carbocycles. The van der Waals surface area contributed by atoms with Gasteiger partial charge in [-0.25, -0.2) is 0 Å². The van der Waals surface area contributed by atoms with Crippen LogP contribution in [0.4, 0.5) is 0 Å². The van der Waals surface area contributed by atoms with E-state index in [0.29, 0.717) is 5.33 Å². The molecule has 4 heteroatoms. The van der Waals surface area contributed by atoms with Crippen molar-refractivity contribution in [3.63, 3.8) is 0 Å². The summed E-state index contributed by atoms with van der Waals surface area (Å²) in [4.78, 5) is 5.41. The highest BCUT2D eigenvalue weighted by Crippen LogP contribution is 2.35. The molecule has 1 aliphatic heterocycles. The van der Waals surface area contributed by atoms with E-state index in [4.69, 9.17) is 9.57 Å². The van der Waals surface area contributed by atoms with E-state index in [1.807, 2.05) is 25.1 Å². The molecule has 0 saturated heterocycles. The number of benzene rings is 1. The van der Waals surface area contributed by atoms with E-state index in [1.54, 1.807) is 7.11 Å².